The van der Waals surface area contributed by atoms with Crippen LogP contribution in [0, 0.1) is 0 Å². The lowest BCUT2D eigenvalue weighted by Gasteiger charge is -2.21. The summed E-state index contributed by atoms with van der Waals surface area (Å²) in [6.07, 6.45) is 1.95. The minimum atomic E-state index is -3.69. The quantitative estimate of drug-likeness (QED) is 0.818. The number of nitrogens with one attached hydrogen (secondary N) is 1. The molecule has 1 aromatic carbocycles. The molecule has 6 nitrogen and oxygen atoms in total. The standard InChI is InChI=1S/C15H21NO5S2/c17-22(18)10-14(16-9-12-5-4-8-21-12)15(11-22)23(19,20)13-6-2-1-3-7-13/h1-3,6-7,12,14-16H,4-5,8-11H2/t12?,14-,15-/m0/s1. The number of hydrogen-bond donors (Lipinski definition) is 1. The molecule has 0 aliphatic carbocycles. The Kier molecular flexibility index (Phi) is 4.78. The molecule has 0 amide bonds. The Balaban J connectivity index is 1.80. The first-order valence-electron chi connectivity index (χ1n) is 7.73. The zero-order valence-electron chi connectivity index (χ0n) is 12.7. The van der Waals surface area contributed by atoms with Gasteiger partial charge in [-0.05, 0) is 25.0 Å². The monoisotopic (exact) mass is 359 g/mol. The lowest BCUT2D eigenvalue weighted by molar-refractivity contribution is 0.108. The molecule has 1 N–H and O–H groups in total. The predicted molar refractivity (Wildman–Crippen MR) is 86.8 cm³/mol. The van der Waals surface area contributed by atoms with E-state index in [1.54, 1.807) is 18.2 Å². The van der Waals surface area contributed by atoms with Crippen LogP contribution in [-0.4, -0.2) is 58.9 Å². The van der Waals surface area contributed by atoms with Crippen molar-refractivity contribution in [2.45, 2.75) is 35.1 Å². The van der Waals surface area contributed by atoms with Gasteiger partial charge in [-0.3, -0.25) is 0 Å². The lowest BCUT2D eigenvalue weighted by atomic mass is 10.2. The van der Waals surface area contributed by atoms with Crippen molar-refractivity contribution in [3.05, 3.63) is 30.3 Å². The topological polar surface area (TPSA) is 89.5 Å². The van der Waals surface area contributed by atoms with Crippen molar-refractivity contribution in [1.29, 1.82) is 0 Å². The number of rotatable bonds is 5. The van der Waals surface area contributed by atoms with Crippen molar-refractivity contribution >= 4 is 19.7 Å². The summed E-state index contributed by atoms with van der Waals surface area (Å²) in [4.78, 5) is 0.172. The van der Waals surface area contributed by atoms with Crippen LogP contribution >= 0.6 is 0 Å². The van der Waals surface area contributed by atoms with E-state index in [1.165, 1.54) is 12.1 Å². The fourth-order valence-corrected chi connectivity index (χ4v) is 7.92. The number of hydrogen-bond acceptors (Lipinski definition) is 6. The minimum absolute atomic E-state index is 0.0402. The fourth-order valence-electron chi connectivity index (χ4n) is 3.18. The van der Waals surface area contributed by atoms with Gasteiger partial charge in [-0.2, -0.15) is 0 Å². The van der Waals surface area contributed by atoms with Crippen molar-refractivity contribution in [3.63, 3.8) is 0 Å². The first-order valence-corrected chi connectivity index (χ1v) is 11.1. The first kappa shape index (κ1) is 16.9. The molecule has 0 aromatic heterocycles. The second-order valence-corrected chi connectivity index (χ2v) is 10.4. The third-order valence-electron chi connectivity index (χ3n) is 4.40. The molecule has 2 heterocycles. The van der Waals surface area contributed by atoms with Gasteiger partial charge in [0.1, 0.15) is 0 Å². The Bertz CT molecular complexity index is 739. The van der Waals surface area contributed by atoms with Crippen molar-refractivity contribution < 1.29 is 21.6 Å². The molecular formula is C15H21NO5S2. The number of sulfone groups is 2. The van der Waals surface area contributed by atoms with Gasteiger partial charge < -0.3 is 10.1 Å². The highest BCUT2D eigenvalue weighted by molar-refractivity contribution is 7.96. The maximum absolute atomic E-state index is 12.8. The molecule has 3 rings (SSSR count). The average molecular weight is 359 g/mol. The summed E-state index contributed by atoms with van der Waals surface area (Å²) >= 11 is 0. The summed E-state index contributed by atoms with van der Waals surface area (Å²) in [5.41, 5.74) is 0. The van der Waals surface area contributed by atoms with Crippen LogP contribution < -0.4 is 5.32 Å². The van der Waals surface area contributed by atoms with Crippen molar-refractivity contribution in [3.8, 4) is 0 Å². The molecule has 23 heavy (non-hydrogen) atoms. The number of benzene rings is 1. The first-order chi connectivity index (χ1) is 10.9. The molecule has 2 saturated heterocycles. The summed E-state index contributed by atoms with van der Waals surface area (Å²) < 4.78 is 55.1. The fraction of sp³-hybridized carbons (Fsp3) is 0.600. The van der Waals surface area contributed by atoms with Crippen LogP contribution in [0.25, 0.3) is 0 Å². The van der Waals surface area contributed by atoms with Gasteiger partial charge in [-0.1, -0.05) is 18.2 Å². The Hall–Kier alpha value is -0.960. The highest BCUT2D eigenvalue weighted by Crippen LogP contribution is 2.26. The molecule has 0 bridgehead atoms. The summed E-state index contributed by atoms with van der Waals surface area (Å²) in [7, 11) is -7.05. The Morgan fingerprint density at radius 1 is 1.17 bits per heavy atom. The van der Waals surface area contributed by atoms with Crippen molar-refractivity contribution in [2.24, 2.45) is 0 Å². The molecule has 2 aliphatic rings. The van der Waals surface area contributed by atoms with Gasteiger partial charge in [0.2, 0.25) is 0 Å². The summed E-state index contributed by atoms with van der Waals surface area (Å²) in [5.74, 6) is -0.468. The van der Waals surface area contributed by atoms with Gasteiger partial charge in [-0.25, -0.2) is 16.8 Å². The van der Waals surface area contributed by atoms with Crippen LogP contribution in [0.2, 0.25) is 0 Å². The molecule has 128 valence electrons. The summed E-state index contributed by atoms with van der Waals surface area (Å²) in [6.45, 7) is 1.20. The Labute approximate surface area is 137 Å². The molecule has 2 aliphatic heterocycles. The van der Waals surface area contributed by atoms with Crippen LogP contribution in [0.15, 0.2) is 35.2 Å². The Morgan fingerprint density at radius 2 is 1.91 bits per heavy atom. The van der Waals surface area contributed by atoms with E-state index in [2.05, 4.69) is 5.32 Å². The van der Waals surface area contributed by atoms with Crippen LogP contribution in [-0.2, 0) is 24.4 Å². The van der Waals surface area contributed by atoms with Gasteiger partial charge in [0.05, 0.1) is 27.8 Å². The van der Waals surface area contributed by atoms with Crippen molar-refractivity contribution in [1.82, 2.24) is 5.32 Å². The molecule has 3 atom stereocenters. The van der Waals surface area contributed by atoms with E-state index < -0.39 is 31.0 Å². The summed E-state index contributed by atoms with van der Waals surface area (Å²) in [5, 5.41) is 2.17. The van der Waals surface area contributed by atoms with Gasteiger partial charge >= 0.3 is 0 Å². The molecule has 0 radical (unpaired) electrons. The van der Waals surface area contributed by atoms with Gasteiger partial charge in [0.25, 0.3) is 0 Å². The second kappa shape index (κ2) is 6.51. The molecule has 1 aromatic rings. The zero-order chi connectivity index (χ0) is 16.5. The van der Waals surface area contributed by atoms with Crippen LogP contribution in [0.5, 0.6) is 0 Å². The van der Waals surface area contributed by atoms with Gasteiger partial charge in [0.15, 0.2) is 19.7 Å². The molecule has 0 spiro atoms. The highest BCUT2D eigenvalue weighted by atomic mass is 32.2. The third-order valence-corrected chi connectivity index (χ3v) is 8.57. The van der Waals surface area contributed by atoms with E-state index in [4.69, 9.17) is 4.74 Å². The lowest BCUT2D eigenvalue weighted by Crippen LogP contribution is -2.45. The van der Waals surface area contributed by atoms with E-state index in [-0.39, 0.29) is 22.5 Å². The van der Waals surface area contributed by atoms with Crippen LogP contribution in [0.3, 0.4) is 0 Å². The predicted octanol–water partition coefficient (Wildman–Crippen LogP) is 0.395. The maximum Gasteiger partial charge on any atom is 0.183 e. The smallest absolute Gasteiger partial charge is 0.183 e. The summed E-state index contributed by atoms with van der Waals surface area (Å²) in [6, 6.07) is 7.46. The average Bonchev–Trinajstić information content (AvgIpc) is 3.13. The van der Waals surface area contributed by atoms with Crippen molar-refractivity contribution in [2.75, 3.05) is 24.7 Å². The van der Waals surface area contributed by atoms with Crippen LogP contribution in [0.1, 0.15) is 12.8 Å². The largest absolute Gasteiger partial charge is 0.377 e. The van der Waals surface area contributed by atoms with Gasteiger partial charge in [0, 0.05) is 19.2 Å². The molecule has 1 unspecified atom stereocenters. The van der Waals surface area contributed by atoms with E-state index in [0.29, 0.717) is 13.2 Å². The molecule has 8 heteroatoms. The normalized spacial score (nSPS) is 30.5. The maximum atomic E-state index is 12.8. The minimum Gasteiger partial charge on any atom is -0.377 e. The van der Waals surface area contributed by atoms with E-state index >= 15 is 0 Å². The molecule has 2 fully saturated rings. The molecular weight excluding hydrogens is 338 g/mol. The van der Waals surface area contributed by atoms with Crippen LogP contribution in [0.4, 0.5) is 0 Å². The Morgan fingerprint density at radius 3 is 2.57 bits per heavy atom. The molecule has 0 saturated carbocycles. The SMILES string of the molecule is O=S1(=O)C[C@H](NCC2CCCO2)[C@@H](S(=O)(=O)c2ccccc2)C1. The zero-order valence-corrected chi connectivity index (χ0v) is 14.4. The van der Waals surface area contributed by atoms with E-state index in [9.17, 15) is 16.8 Å². The highest BCUT2D eigenvalue weighted by Gasteiger charge is 2.45. The number of ether oxygens (including phenoxy) is 1. The van der Waals surface area contributed by atoms with Gasteiger partial charge in [-0.15, -0.1) is 0 Å². The second-order valence-electron chi connectivity index (χ2n) is 6.12. The third kappa shape index (κ3) is 3.76. The van der Waals surface area contributed by atoms with E-state index in [0.717, 1.165) is 12.8 Å². The van der Waals surface area contributed by atoms with E-state index in [1.807, 2.05) is 0 Å².